The second kappa shape index (κ2) is 53.4. The molecule has 6 heterocycles. The van der Waals surface area contributed by atoms with E-state index >= 15 is 0 Å². The molecule has 698 valence electrons. The number of amides is 2. The Bertz CT molecular complexity index is 4090. The van der Waals surface area contributed by atoms with Crippen LogP contribution in [-0.4, -0.2) is 294 Å². The Labute approximate surface area is 735 Å². The average Bonchev–Trinajstić information content (AvgIpc) is 1.60. The Balaban J connectivity index is 0.571. The van der Waals surface area contributed by atoms with Crippen LogP contribution in [0.3, 0.4) is 0 Å². The Hall–Kier alpha value is -7.55. The van der Waals surface area contributed by atoms with Crippen LogP contribution < -0.4 is 21.5 Å². The molecule has 3 aliphatic heterocycles. The molecule has 1 aromatic carbocycles. The van der Waals surface area contributed by atoms with Gasteiger partial charge < -0.3 is 113 Å². The lowest BCUT2D eigenvalue weighted by molar-refractivity contribution is -0.265. The monoisotopic (exact) mass is 1760 g/mol. The number of para-hydroxylation sites is 1. The van der Waals surface area contributed by atoms with E-state index in [9.17, 15) is 44.1 Å². The van der Waals surface area contributed by atoms with E-state index in [1.807, 2.05) is 79.9 Å². The number of methoxy groups -OCH3 is 3. The molecule has 9 N–H and O–H groups in total. The normalized spacial score (nSPS) is 28.6. The fourth-order valence-electron chi connectivity index (χ4n) is 17.3. The number of H-pyrrole nitrogens is 1. The van der Waals surface area contributed by atoms with Gasteiger partial charge in [-0.05, 0) is 164 Å². The van der Waals surface area contributed by atoms with Gasteiger partial charge in [-0.15, -0.1) is 0 Å². The molecule has 2 aliphatic carbocycles. The van der Waals surface area contributed by atoms with Gasteiger partial charge in [-0.1, -0.05) is 76.3 Å². The third-order valence-corrected chi connectivity index (χ3v) is 24.6. The lowest BCUT2D eigenvalue weighted by Gasteiger charge is -2.42. The van der Waals surface area contributed by atoms with Crippen LogP contribution in [0.15, 0.2) is 78.2 Å². The molecule has 2 bridgehead atoms. The number of anilines is 1. The van der Waals surface area contributed by atoms with Gasteiger partial charge in [-0.3, -0.25) is 19.2 Å². The van der Waals surface area contributed by atoms with E-state index in [4.69, 9.17) is 87.5 Å². The van der Waals surface area contributed by atoms with E-state index in [1.54, 1.807) is 48.2 Å². The second-order valence-corrected chi connectivity index (χ2v) is 33.9. The Kier molecular flexibility index (Phi) is 43.3. The number of aromatic nitrogens is 5. The lowest BCUT2D eigenvalue weighted by atomic mass is 9.79. The molecule has 2 saturated heterocycles. The summed E-state index contributed by atoms with van der Waals surface area (Å²) in [6.45, 7) is 18.3. The number of aliphatic hydroxyl groups excluding tert-OH is 2. The van der Waals surface area contributed by atoms with E-state index in [2.05, 4.69) is 20.4 Å². The highest BCUT2D eigenvalue weighted by molar-refractivity contribution is 6.39. The van der Waals surface area contributed by atoms with Crippen molar-refractivity contribution < 1.29 is 115 Å². The highest BCUT2D eigenvalue weighted by atomic mass is 16.6. The molecule has 0 spiro atoms. The number of ketones is 3. The van der Waals surface area contributed by atoms with Crippen molar-refractivity contribution in [3.05, 3.63) is 84.0 Å². The van der Waals surface area contributed by atoms with Gasteiger partial charge >= 0.3 is 12.1 Å². The van der Waals surface area contributed by atoms with Gasteiger partial charge in [0.2, 0.25) is 5.79 Å². The van der Waals surface area contributed by atoms with Crippen molar-refractivity contribution in [1.29, 1.82) is 0 Å². The van der Waals surface area contributed by atoms with Crippen molar-refractivity contribution in [1.82, 2.24) is 34.8 Å². The number of rotatable bonds is 41. The van der Waals surface area contributed by atoms with Crippen LogP contribution in [0.2, 0.25) is 0 Å². The summed E-state index contributed by atoms with van der Waals surface area (Å²) < 4.78 is 88.3. The lowest BCUT2D eigenvalue weighted by Crippen LogP contribution is -2.61. The minimum Gasteiger partial charge on any atom is -0.495 e. The summed E-state index contributed by atoms with van der Waals surface area (Å²) in [4.78, 5) is 97.4. The fraction of sp³-hybridized carbons (Fsp3) is 0.707. The molecule has 0 unspecified atom stereocenters. The number of alkyl carbamates (subject to hydrolysis) is 1. The number of nitrogens with zero attached hydrogens (tertiary/aromatic N) is 5. The highest BCUT2D eigenvalue weighted by Gasteiger charge is 2.53. The van der Waals surface area contributed by atoms with Crippen molar-refractivity contribution in [3.63, 3.8) is 0 Å². The second-order valence-electron chi connectivity index (χ2n) is 33.9. The molecule has 125 heavy (non-hydrogen) atoms. The number of hydrogen-bond donors (Lipinski definition) is 7. The highest BCUT2D eigenvalue weighted by Crippen LogP contribution is 2.42. The number of aliphatic hydroxyl groups is 3. The number of nitrogen functional groups attached to an aromatic ring is 1. The van der Waals surface area contributed by atoms with Crippen LogP contribution >= 0.6 is 0 Å². The van der Waals surface area contributed by atoms with Gasteiger partial charge in [0.15, 0.2) is 11.6 Å². The number of nitrogens with one attached hydrogen (secondary N) is 2. The summed E-state index contributed by atoms with van der Waals surface area (Å²) in [5.74, 6) is -5.15. The van der Waals surface area contributed by atoms with Gasteiger partial charge in [0, 0.05) is 81.9 Å². The molecule has 33 heteroatoms. The number of carbonyl (C=O) groups is 6. The van der Waals surface area contributed by atoms with Crippen LogP contribution in [-0.2, 0) is 90.3 Å². The molecular formula is C92H141N9O24. The summed E-state index contributed by atoms with van der Waals surface area (Å²) in [6.07, 6.45) is 15.8. The molecule has 2 amide bonds. The zero-order valence-corrected chi connectivity index (χ0v) is 75.0. The van der Waals surface area contributed by atoms with Crippen LogP contribution in [0, 0.1) is 35.5 Å². The maximum absolute atomic E-state index is 14.7. The van der Waals surface area contributed by atoms with Crippen LogP contribution in [0.5, 0.6) is 5.75 Å². The molecule has 33 nitrogen and oxygen atoms in total. The maximum Gasteiger partial charge on any atom is 0.407 e. The van der Waals surface area contributed by atoms with E-state index in [0.717, 1.165) is 59.4 Å². The smallest absolute Gasteiger partial charge is 0.407 e. The van der Waals surface area contributed by atoms with E-state index in [-0.39, 0.29) is 67.9 Å². The third-order valence-electron chi connectivity index (χ3n) is 24.6. The topological polar surface area (TPSA) is 428 Å². The Morgan fingerprint density at radius 1 is 0.688 bits per heavy atom. The number of benzene rings is 1. The van der Waals surface area contributed by atoms with Gasteiger partial charge in [0.05, 0.1) is 149 Å². The first-order valence-electron chi connectivity index (χ1n) is 45.1. The third kappa shape index (κ3) is 31.1. The SMILES string of the molecule is COc1cccc2cc(-c3nc(C4CCC(C(=O)CCCOCCOCCOCCOCCOCCOCCOCCOCCOCCNC(=O)O[C@@H]5CC[C@@H](C[C@@H](N)[C@@H]6CC[C@H](C)/C=C(\C)[C@@H](O)[C@@H](O)C(=O)[C@H](C)C[C@H](C)/C=C/C=C/C=C(\C)[C@@H](OC)C[C@@H]7CC[C@@H](C)[C@@](O)(O7)C(=O)C(=O)N7CCCC[C@H]7C(=O)O6)C[C@H]5OC)CC4)n4ncnc(N)c34)[nH]c12. The summed E-state index contributed by atoms with van der Waals surface area (Å²) in [5.41, 5.74) is 17.8. The number of aromatic amines is 1. The number of carbonyl (C=O) groups excluding carboxylic acids is 6. The number of imidazole rings is 1. The zero-order chi connectivity index (χ0) is 89.6. The number of nitrogens with two attached hydrogens (primary N) is 2. The number of fused-ring (bicyclic) bond motifs is 5. The predicted octanol–water partition coefficient (Wildman–Crippen LogP) is 9.42. The van der Waals surface area contributed by atoms with Gasteiger partial charge in [-0.25, -0.2) is 24.1 Å². The van der Waals surface area contributed by atoms with Crippen molar-refractivity contribution in [3.8, 4) is 17.1 Å². The molecule has 5 aliphatic rings. The Morgan fingerprint density at radius 2 is 1.33 bits per heavy atom. The van der Waals surface area contributed by atoms with E-state index in [0.29, 0.717) is 218 Å². The standard InChI is InChI=1S/C92H141N9O24/c1-60-17-11-10-12-18-62(3)78(112-8)58-70-30-24-65(6)92(110,125-70)86(106)89(107)100-34-14-13-20-73(100)90(108)123-75(31-23-61(2)54-64(5)84(104)85(105)83(103)63(4)53-60)71(93)55-66-25-32-76(79(56-66)113-9)124-91(109)95-33-36-115-38-40-117-42-44-119-46-48-121-50-52-122-51-49-120-47-45-118-43-41-116-39-37-114-35-16-21-74(102)67-26-28-68(29-27-67)88-99-81(82-87(94)96-59-97-101(82)88)72-57-69-19-15-22-77(111-7)80(69)98-72/h10-12,15,17-19,22,54,57,59-61,63,65-68,70-71,73,75-76,78-79,84-85,98,104-105,110H,13-14,16,20-21,23-53,55-56,58,93H2,1-9H3,(H,95,109)(H2,94,96,97)/b12-10+,17-11+,62-18+,64-54+/t60-,61+,63-,65-,66+,67?,68?,70+,71-,73+,75+,76-,78+,79-,84-,85+,92-/m1/s1. The van der Waals surface area contributed by atoms with E-state index < -0.39 is 102 Å². The summed E-state index contributed by atoms with van der Waals surface area (Å²) in [7, 11) is 4.77. The molecule has 15 atom stereocenters. The largest absolute Gasteiger partial charge is 0.495 e. The number of piperidine rings is 1. The molecule has 0 radical (unpaired) electrons. The van der Waals surface area contributed by atoms with Crippen LogP contribution in [0.1, 0.15) is 175 Å². The van der Waals surface area contributed by atoms with Crippen molar-refractivity contribution in [2.24, 2.45) is 41.2 Å². The minimum atomic E-state index is -2.46. The number of hydrogen-bond acceptors (Lipinski definition) is 29. The molecular weight excluding hydrogens is 1620 g/mol. The molecule has 2 saturated carbocycles. The maximum atomic E-state index is 14.7. The van der Waals surface area contributed by atoms with Gasteiger partial charge in [0.1, 0.15) is 65.4 Å². The van der Waals surface area contributed by atoms with Crippen molar-refractivity contribution >= 4 is 57.6 Å². The van der Waals surface area contributed by atoms with Crippen LogP contribution in [0.25, 0.3) is 27.8 Å². The fourth-order valence-corrected chi connectivity index (χ4v) is 17.3. The van der Waals surface area contributed by atoms with Crippen molar-refractivity contribution in [2.45, 2.75) is 230 Å². The number of allylic oxidation sites excluding steroid dienone is 6. The van der Waals surface area contributed by atoms with Gasteiger partial charge in [-0.2, -0.15) is 5.10 Å². The first kappa shape index (κ1) is 101. The number of ether oxygens (including phenoxy) is 15. The van der Waals surface area contributed by atoms with Crippen LogP contribution in [0.4, 0.5) is 10.6 Å². The average molecular weight is 1760 g/mol. The molecule has 4 fully saturated rings. The first-order chi connectivity index (χ1) is 60.4. The molecule has 3 aromatic heterocycles. The first-order valence-corrected chi connectivity index (χ1v) is 45.1. The summed E-state index contributed by atoms with van der Waals surface area (Å²) >= 11 is 0. The predicted molar refractivity (Wildman–Crippen MR) is 466 cm³/mol. The zero-order valence-electron chi connectivity index (χ0n) is 75.0. The Morgan fingerprint density at radius 3 is 1.96 bits per heavy atom. The molecule has 4 aromatic rings. The minimum absolute atomic E-state index is 0.0162. The summed E-state index contributed by atoms with van der Waals surface area (Å²) in [5, 5.41) is 42.9. The molecule has 9 rings (SSSR count). The van der Waals surface area contributed by atoms with E-state index in [1.165, 1.54) is 11.2 Å². The van der Waals surface area contributed by atoms with Gasteiger partial charge in [0.25, 0.3) is 11.7 Å². The number of cyclic esters (lactones) is 1. The quantitative estimate of drug-likeness (QED) is 0.00940. The summed E-state index contributed by atoms with van der Waals surface area (Å²) in [6, 6.07) is 6.02. The number of Topliss-reactive ketones (excluding diaryl/α,β-unsaturated/α-hetero) is 3. The number of esters is 1. The van der Waals surface area contributed by atoms with Crippen molar-refractivity contribution in [2.75, 3.05) is 159 Å².